The Hall–Kier alpha value is -3.36. The van der Waals surface area contributed by atoms with Crippen molar-refractivity contribution < 1.29 is 9.53 Å². The van der Waals surface area contributed by atoms with Crippen LogP contribution in [0.5, 0.6) is 0 Å². The van der Waals surface area contributed by atoms with Gasteiger partial charge in [0.1, 0.15) is 5.69 Å². The first-order valence-electron chi connectivity index (χ1n) is 8.98. The largest absolute Gasteiger partial charge is 0.383 e. The lowest BCUT2D eigenvalue weighted by Gasteiger charge is -2.06. The van der Waals surface area contributed by atoms with Crippen LogP contribution in [-0.4, -0.2) is 34.4 Å². The number of carbonyl (C=O) groups excluding carboxylic acids is 1. The first kappa shape index (κ1) is 19.0. The van der Waals surface area contributed by atoms with Crippen LogP contribution in [0.4, 0.5) is 5.13 Å². The van der Waals surface area contributed by atoms with Crippen LogP contribution >= 0.6 is 11.3 Å². The molecule has 1 N–H and O–H groups in total. The molecule has 8 heteroatoms. The number of benzene rings is 2. The van der Waals surface area contributed by atoms with Gasteiger partial charge < -0.3 is 4.74 Å². The average Bonchev–Trinajstić information content (AvgIpc) is 3.21. The number of hydrogen-bond acceptors (Lipinski definition) is 6. The number of nitrogens with one attached hydrogen (secondary N) is 1. The summed E-state index contributed by atoms with van der Waals surface area (Å²) in [5.41, 5.74) is 1.65. The van der Waals surface area contributed by atoms with E-state index in [0.717, 1.165) is 22.0 Å². The average molecular weight is 406 g/mol. The van der Waals surface area contributed by atoms with Gasteiger partial charge in [0.15, 0.2) is 5.13 Å². The highest BCUT2D eigenvalue weighted by atomic mass is 32.1. The second-order valence-corrected chi connectivity index (χ2v) is 7.15. The predicted molar refractivity (Wildman–Crippen MR) is 113 cm³/mol. The zero-order chi connectivity index (χ0) is 20.2. The van der Waals surface area contributed by atoms with E-state index in [1.165, 1.54) is 35.3 Å². The van der Waals surface area contributed by atoms with Gasteiger partial charge in [0.05, 0.1) is 18.8 Å². The predicted octanol–water partition coefficient (Wildman–Crippen LogP) is 3.42. The van der Waals surface area contributed by atoms with Gasteiger partial charge in [-0.3, -0.25) is 14.9 Å². The topological polar surface area (TPSA) is 86.1 Å². The van der Waals surface area contributed by atoms with Gasteiger partial charge in [0, 0.05) is 24.1 Å². The molecule has 0 spiro atoms. The van der Waals surface area contributed by atoms with E-state index in [9.17, 15) is 9.59 Å². The van der Waals surface area contributed by atoms with E-state index in [-0.39, 0.29) is 17.8 Å². The lowest BCUT2D eigenvalue weighted by atomic mass is 10.0. The molecule has 0 saturated heterocycles. The highest BCUT2D eigenvalue weighted by Crippen LogP contribution is 2.31. The normalized spacial score (nSPS) is 10.9. The highest BCUT2D eigenvalue weighted by Gasteiger charge is 2.14. The third kappa shape index (κ3) is 4.08. The molecule has 7 nitrogen and oxygen atoms in total. The Bertz CT molecular complexity index is 1230. The summed E-state index contributed by atoms with van der Waals surface area (Å²) < 4.78 is 6.17. The van der Waals surface area contributed by atoms with Crippen molar-refractivity contribution in [3.63, 3.8) is 0 Å². The first-order chi connectivity index (χ1) is 14.2. The number of ether oxygens (including phenoxy) is 1. The maximum atomic E-state index is 12.6. The van der Waals surface area contributed by atoms with E-state index < -0.39 is 5.91 Å². The van der Waals surface area contributed by atoms with Gasteiger partial charge in [-0.1, -0.05) is 42.5 Å². The fraction of sp³-hybridized carbons (Fsp3) is 0.143. The maximum Gasteiger partial charge on any atom is 0.277 e. The number of carbonyl (C=O) groups is 1. The van der Waals surface area contributed by atoms with Gasteiger partial charge in [-0.15, -0.1) is 11.3 Å². The van der Waals surface area contributed by atoms with Crippen LogP contribution in [0.15, 0.2) is 64.8 Å². The van der Waals surface area contributed by atoms with Crippen molar-refractivity contribution in [2.45, 2.75) is 6.54 Å². The minimum Gasteiger partial charge on any atom is -0.383 e. The van der Waals surface area contributed by atoms with Gasteiger partial charge in [-0.25, -0.2) is 9.67 Å². The van der Waals surface area contributed by atoms with Crippen molar-refractivity contribution in [1.29, 1.82) is 0 Å². The second-order valence-electron chi connectivity index (χ2n) is 6.29. The molecular formula is C21H18N4O3S. The minimum atomic E-state index is -0.421. The van der Waals surface area contributed by atoms with Crippen molar-refractivity contribution in [1.82, 2.24) is 14.8 Å². The Morgan fingerprint density at radius 3 is 2.83 bits per heavy atom. The van der Waals surface area contributed by atoms with Crippen LogP contribution in [0.2, 0.25) is 0 Å². The molecule has 0 aliphatic rings. The Balaban J connectivity index is 1.56. The summed E-state index contributed by atoms with van der Waals surface area (Å²) in [6, 6.07) is 16.9. The van der Waals surface area contributed by atoms with Crippen LogP contribution < -0.4 is 10.9 Å². The molecule has 0 bridgehead atoms. The molecule has 2 aromatic heterocycles. The van der Waals surface area contributed by atoms with E-state index >= 15 is 0 Å². The Labute approximate surface area is 170 Å². The summed E-state index contributed by atoms with van der Waals surface area (Å²) in [6.07, 6.45) is 0. The summed E-state index contributed by atoms with van der Waals surface area (Å²) in [7, 11) is 1.54. The van der Waals surface area contributed by atoms with Gasteiger partial charge in [-0.05, 0) is 16.8 Å². The first-order valence-corrected chi connectivity index (χ1v) is 9.86. The van der Waals surface area contributed by atoms with Gasteiger partial charge in [0.2, 0.25) is 0 Å². The number of anilines is 1. The van der Waals surface area contributed by atoms with Gasteiger partial charge in [-0.2, -0.15) is 5.10 Å². The summed E-state index contributed by atoms with van der Waals surface area (Å²) in [5, 5.41) is 11.5. The molecule has 1 amide bonds. The van der Waals surface area contributed by atoms with Crippen molar-refractivity contribution >= 4 is 33.1 Å². The fourth-order valence-electron chi connectivity index (χ4n) is 2.97. The highest BCUT2D eigenvalue weighted by molar-refractivity contribution is 7.14. The molecule has 0 aliphatic heterocycles. The fourth-order valence-corrected chi connectivity index (χ4v) is 3.68. The molecule has 0 unspecified atom stereocenters. The number of hydrogen-bond donors (Lipinski definition) is 1. The third-order valence-corrected chi connectivity index (χ3v) is 5.15. The lowest BCUT2D eigenvalue weighted by molar-refractivity contribution is 0.101. The maximum absolute atomic E-state index is 12.6. The van der Waals surface area contributed by atoms with Crippen molar-refractivity contribution in [2.75, 3.05) is 19.0 Å². The molecule has 4 aromatic rings. The van der Waals surface area contributed by atoms with Crippen molar-refractivity contribution in [3.05, 3.63) is 76.0 Å². The zero-order valence-electron chi connectivity index (χ0n) is 15.7. The monoisotopic (exact) mass is 406 g/mol. The van der Waals surface area contributed by atoms with E-state index in [1.54, 1.807) is 0 Å². The van der Waals surface area contributed by atoms with Crippen LogP contribution in [0.1, 0.15) is 10.5 Å². The van der Waals surface area contributed by atoms with Crippen molar-refractivity contribution in [2.24, 2.45) is 0 Å². The number of methoxy groups -OCH3 is 1. The summed E-state index contributed by atoms with van der Waals surface area (Å²) in [4.78, 5) is 28.9. The van der Waals surface area contributed by atoms with Gasteiger partial charge in [0.25, 0.3) is 11.5 Å². The van der Waals surface area contributed by atoms with Crippen LogP contribution in [0, 0.1) is 0 Å². The number of fused-ring (bicyclic) bond motifs is 1. The molecule has 0 atom stereocenters. The number of nitrogens with zero attached hydrogens (tertiary/aromatic N) is 3. The van der Waals surface area contributed by atoms with Crippen LogP contribution in [0.3, 0.4) is 0 Å². The molecule has 29 heavy (non-hydrogen) atoms. The van der Waals surface area contributed by atoms with Gasteiger partial charge >= 0.3 is 0 Å². The Morgan fingerprint density at radius 1 is 1.14 bits per heavy atom. The molecule has 0 saturated carbocycles. The molecule has 0 radical (unpaired) electrons. The Kier molecular flexibility index (Phi) is 5.46. The molecule has 0 aliphatic carbocycles. The molecule has 2 heterocycles. The minimum absolute atomic E-state index is 0.141. The van der Waals surface area contributed by atoms with E-state index in [1.807, 2.05) is 29.6 Å². The molecule has 0 fully saturated rings. The summed E-state index contributed by atoms with van der Waals surface area (Å²) >= 11 is 1.34. The second kappa shape index (κ2) is 8.34. The Morgan fingerprint density at radius 2 is 1.97 bits per heavy atom. The number of aromatic nitrogens is 3. The molecule has 2 aromatic carbocycles. The number of amides is 1. The number of rotatable bonds is 6. The van der Waals surface area contributed by atoms with E-state index in [2.05, 4.69) is 33.6 Å². The molecule has 146 valence electrons. The van der Waals surface area contributed by atoms with Crippen LogP contribution in [0.25, 0.3) is 22.0 Å². The van der Waals surface area contributed by atoms with E-state index in [4.69, 9.17) is 4.74 Å². The number of thiazole rings is 1. The molecular weight excluding hydrogens is 388 g/mol. The standard InChI is InChI=1S/C21H18N4O3S/c1-28-12-11-25-19(26)10-9-17(24-25)20(27)23-21-22-18(13-29-21)16-8-4-6-14-5-2-3-7-15(14)16/h2-10,13H,11-12H2,1H3,(H,22,23,27). The molecule has 4 rings (SSSR count). The van der Waals surface area contributed by atoms with Crippen molar-refractivity contribution in [3.8, 4) is 11.3 Å². The summed E-state index contributed by atoms with van der Waals surface area (Å²) in [6.45, 7) is 0.609. The lowest BCUT2D eigenvalue weighted by Crippen LogP contribution is -2.27. The summed E-state index contributed by atoms with van der Waals surface area (Å²) in [5.74, 6) is -0.421. The quantitative estimate of drug-likeness (QED) is 0.530. The van der Waals surface area contributed by atoms with E-state index in [0.29, 0.717) is 11.7 Å². The third-order valence-electron chi connectivity index (χ3n) is 4.40. The SMILES string of the molecule is COCCn1nc(C(=O)Nc2nc(-c3cccc4ccccc34)cs2)ccc1=O. The zero-order valence-corrected chi connectivity index (χ0v) is 16.5. The smallest absolute Gasteiger partial charge is 0.277 e. The van der Waals surface area contributed by atoms with Crippen LogP contribution in [-0.2, 0) is 11.3 Å².